The van der Waals surface area contributed by atoms with Gasteiger partial charge in [-0.1, -0.05) is 37.3 Å². The lowest BCUT2D eigenvalue weighted by Gasteiger charge is -2.19. The van der Waals surface area contributed by atoms with Crippen LogP contribution in [-0.2, 0) is 9.53 Å². The van der Waals surface area contributed by atoms with Gasteiger partial charge < -0.3 is 15.2 Å². The highest BCUT2D eigenvalue weighted by molar-refractivity contribution is 5.76. The van der Waals surface area contributed by atoms with Crippen molar-refractivity contribution in [3.63, 3.8) is 0 Å². The molecule has 0 aliphatic carbocycles. The third-order valence-corrected chi connectivity index (χ3v) is 2.97. The third kappa shape index (κ3) is 4.47. The van der Waals surface area contributed by atoms with Gasteiger partial charge in [0.15, 0.2) is 0 Å². The van der Waals surface area contributed by atoms with E-state index in [-0.39, 0.29) is 6.04 Å². The number of hydrogen-bond acceptors (Lipinski definition) is 3. The molecule has 1 aromatic rings. The van der Waals surface area contributed by atoms with Crippen LogP contribution in [-0.4, -0.2) is 37.4 Å². The molecule has 0 spiro atoms. The maximum atomic E-state index is 11.3. The average molecular weight is 251 g/mol. The Morgan fingerprint density at radius 1 is 1.39 bits per heavy atom. The molecule has 0 amide bonds. The van der Waals surface area contributed by atoms with Crippen LogP contribution < -0.4 is 5.32 Å². The minimum absolute atomic E-state index is 0.195. The van der Waals surface area contributed by atoms with Gasteiger partial charge in [-0.15, -0.1) is 0 Å². The molecule has 0 radical (unpaired) electrons. The molecule has 0 aliphatic rings. The number of nitrogens with one attached hydrogen (secondary N) is 1. The van der Waals surface area contributed by atoms with Crippen LogP contribution in [0, 0.1) is 0 Å². The van der Waals surface area contributed by atoms with E-state index in [9.17, 15) is 9.90 Å². The van der Waals surface area contributed by atoms with Crippen molar-refractivity contribution in [3.8, 4) is 0 Å². The molecule has 0 saturated carbocycles. The zero-order chi connectivity index (χ0) is 13.4. The summed E-state index contributed by atoms with van der Waals surface area (Å²) in [5.41, 5.74) is 0.824. The monoisotopic (exact) mass is 251 g/mol. The van der Waals surface area contributed by atoms with Gasteiger partial charge in [-0.05, 0) is 12.0 Å². The van der Waals surface area contributed by atoms with Crippen LogP contribution >= 0.6 is 0 Å². The molecule has 0 aliphatic heterocycles. The Bertz CT molecular complexity index is 353. The smallest absolute Gasteiger partial charge is 0.312 e. The van der Waals surface area contributed by atoms with Crippen molar-refractivity contribution >= 4 is 5.97 Å². The maximum absolute atomic E-state index is 11.3. The van der Waals surface area contributed by atoms with Gasteiger partial charge >= 0.3 is 5.97 Å². The minimum atomic E-state index is -0.805. The number of rotatable bonds is 8. The Hall–Kier alpha value is -1.39. The van der Waals surface area contributed by atoms with Crippen LogP contribution in [0.1, 0.15) is 24.8 Å². The van der Waals surface area contributed by atoms with Crippen LogP contribution in [0.5, 0.6) is 0 Å². The lowest BCUT2D eigenvalue weighted by Crippen LogP contribution is -2.37. The Balaban J connectivity index is 2.62. The van der Waals surface area contributed by atoms with Crippen LogP contribution in [0.3, 0.4) is 0 Å². The first-order valence-electron chi connectivity index (χ1n) is 6.19. The van der Waals surface area contributed by atoms with Crippen molar-refractivity contribution in [2.45, 2.75) is 25.3 Å². The summed E-state index contributed by atoms with van der Waals surface area (Å²) in [4.78, 5) is 11.3. The fourth-order valence-corrected chi connectivity index (χ4v) is 1.84. The van der Waals surface area contributed by atoms with Crippen molar-refractivity contribution in [3.05, 3.63) is 35.9 Å². The van der Waals surface area contributed by atoms with Crippen molar-refractivity contribution in [2.24, 2.45) is 0 Å². The molecule has 1 aromatic carbocycles. The van der Waals surface area contributed by atoms with Gasteiger partial charge in [0.25, 0.3) is 0 Å². The van der Waals surface area contributed by atoms with E-state index in [4.69, 9.17) is 4.74 Å². The van der Waals surface area contributed by atoms with Crippen molar-refractivity contribution in [1.82, 2.24) is 5.32 Å². The standard InChI is InChI=1S/C14H21NO3/c1-3-12(10-18-2)15-9-13(14(16)17)11-7-5-4-6-8-11/h4-8,12-13,15H,3,9-10H2,1-2H3,(H,16,17). The van der Waals surface area contributed by atoms with Crippen LogP contribution in [0.15, 0.2) is 30.3 Å². The van der Waals surface area contributed by atoms with E-state index in [1.807, 2.05) is 30.3 Å². The molecule has 2 atom stereocenters. The van der Waals surface area contributed by atoms with E-state index in [0.29, 0.717) is 13.2 Å². The second-order valence-electron chi connectivity index (χ2n) is 4.27. The Morgan fingerprint density at radius 2 is 2.06 bits per heavy atom. The van der Waals surface area contributed by atoms with E-state index < -0.39 is 11.9 Å². The summed E-state index contributed by atoms with van der Waals surface area (Å²) in [7, 11) is 1.65. The maximum Gasteiger partial charge on any atom is 0.312 e. The lowest BCUT2D eigenvalue weighted by molar-refractivity contribution is -0.138. The number of carbonyl (C=O) groups is 1. The summed E-state index contributed by atoms with van der Waals surface area (Å²) in [6.07, 6.45) is 0.912. The number of aliphatic carboxylic acids is 1. The Labute approximate surface area is 108 Å². The second-order valence-corrected chi connectivity index (χ2v) is 4.27. The topological polar surface area (TPSA) is 58.6 Å². The van der Waals surface area contributed by atoms with Gasteiger partial charge in [-0.25, -0.2) is 0 Å². The van der Waals surface area contributed by atoms with Gasteiger partial charge in [0, 0.05) is 19.7 Å². The molecular weight excluding hydrogens is 230 g/mol. The molecule has 1 rings (SSSR count). The largest absolute Gasteiger partial charge is 0.481 e. The summed E-state index contributed by atoms with van der Waals surface area (Å²) in [5, 5.41) is 12.5. The first kappa shape index (κ1) is 14.7. The molecule has 0 heterocycles. The minimum Gasteiger partial charge on any atom is -0.481 e. The molecule has 0 saturated heterocycles. The first-order valence-corrected chi connectivity index (χ1v) is 6.19. The summed E-state index contributed by atoms with van der Waals surface area (Å²) >= 11 is 0. The van der Waals surface area contributed by atoms with Crippen LogP contribution in [0.25, 0.3) is 0 Å². The van der Waals surface area contributed by atoms with Crippen LogP contribution in [0.2, 0.25) is 0 Å². The van der Waals surface area contributed by atoms with E-state index in [1.54, 1.807) is 7.11 Å². The molecule has 0 bridgehead atoms. The van der Waals surface area contributed by atoms with E-state index in [1.165, 1.54) is 0 Å². The summed E-state index contributed by atoms with van der Waals surface area (Å²) in [6, 6.07) is 9.49. The SMILES string of the molecule is CCC(COC)NCC(C(=O)O)c1ccccc1. The quantitative estimate of drug-likeness (QED) is 0.740. The molecule has 0 aromatic heterocycles. The number of methoxy groups -OCH3 is 1. The van der Waals surface area contributed by atoms with Gasteiger partial charge in [0.2, 0.25) is 0 Å². The Kier molecular flexibility index (Phi) is 6.39. The number of benzene rings is 1. The molecule has 18 heavy (non-hydrogen) atoms. The summed E-state index contributed by atoms with van der Waals surface area (Å²) < 4.78 is 5.08. The zero-order valence-electron chi connectivity index (χ0n) is 10.9. The highest BCUT2D eigenvalue weighted by Gasteiger charge is 2.20. The highest BCUT2D eigenvalue weighted by Crippen LogP contribution is 2.15. The predicted octanol–water partition coefficient (Wildman–Crippen LogP) is 1.87. The Morgan fingerprint density at radius 3 is 2.56 bits per heavy atom. The average Bonchev–Trinajstić information content (AvgIpc) is 2.38. The molecule has 2 unspecified atom stereocenters. The number of carboxylic acids is 1. The number of carboxylic acid groups (broad SMARTS) is 1. The van der Waals surface area contributed by atoms with Crippen molar-refractivity contribution < 1.29 is 14.6 Å². The molecule has 0 fully saturated rings. The normalized spacial score (nSPS) is 14.1. The second kappa shape index (κ2) is 7.84. The van der Waals surface area contributed by atoms with Gasteiger partial charge in [-0.3, -0.25) is 4.79 Å². The lowest BCUT2D eigenvalue weighted by atomic mass is 9.99. The summed E-state index contributed by atoms with van der Waals surface area (Å²) in [6.45, 7) is 3.06. The van der Waals surface area contributed by atoms with Crippen LogP contribution in [0.4, 0.5) is 0 Å². The van der Waals surface area contributed by atoms with Gasteiger partial charge in [0.05, 0.1) is 12.5 Å². The zero-order valence-corrected chi connectivity index (χ0v) is 10.9. The molecular formula is C14H21NO3. The highest BCUT2D eigenvalue weighted by atomic mass is 16.5. The first-order chi connectivity index (χ1) is 8.69. The van der Waals surface area contributed by atoms with Crippen molar-refractivity contribution in [1.29, 1.82) is 0 Å². The third-order valence-electron chi connectivity index (χ3n) is 2.97. The van der Waals surface area contributed by atoms with Gasteiger partial charge in [-0.2, -0.15) is 0 Å². The molecule has 4 nitrogen and oxygen atoms in total. The molecule has 4 heteroatoms. The summed E-state index contributed by atoms with van der Waals surface area (Å²) in [5.74, 6) is -1.32. The number of hydrogen-bond donors (Lipinski definition) is 2. The van der Waals surface area contributed by atoms with E-state index >= 15 is 0 Å². The van der Waals surface area contributed by atoms with E-state index in [2.05, 4.69) is 12.2 Å². The number of ether oxygens (including phenoxy) is 1. The molecule has 100 valence electrons. The predicted molar refractivity (Wildman–Crippen MR) is 70.8 cm³/mol. The van der Waals surface area contributed by atoms with Gasteiger partial charge in [0.1, 0.15) is 0 Å². The molecule has 2 N–H and O–H groups in total. The van der Waals surface area contributed by atoms with E-state index in [0.717, 1.165) is 12.0 Å². The fraction of sp³-hybridized carbons (Fsp3) is 0.500. The fourth-order valence-electron chi connectivity index (χ4n) is 1.84. The van der Waals surface area contributed by atoms with Crippen molar-refractivity contribution in [2.75, 3.05) is 20.3 Å².